The number of carbonyl (C=O) groups excluding carboxylic acids is 2. The summed E-state index contributed by atoms with van der Waals surface area (Å²) >= 11 is 0. The van der Waals surface area contributed by atoms with Crippen LogP contribution in [-0.4, -0.2) is 11.8 Å². The number of nitrogens with one attached hydrogen (secondary N) is 2. The van der Waals surface area contributed by atoms with Gasteiger partial charge in [0.05, 0.1) is 16.9 Å². The Hall–Kier alpha value is -3.68. The number of para-hydroxylation sites is 1. The van der Waals surface area contributed by atoms with Crippen molar-refractivity contribution in [2.45, 2.75) is 25.9 Å². The van der Waals surface area contributed by atoms with Gasteiger partial charge in [-0.2, -0.15) is 13.2 Å². The normalized spacial score (nSPS) is 11.2. The van der Waals surface area contributed by atoms with Gasteiger partial charge in [-0.1, -0.05) is 48.0 Å². The Labute approximate surface area is 182 Å². The molecule has 8 heteroatoms. The van der Waals surface area contributed by atoms with Crippen molar-refractivity contribution in [1.82, 2.24) is 0 Å². The van der Waals surface area contributed by atoms with Gasteiger partial charge < -0.3 is 10.6 Å². The van der Waals surface area contributed by atoms with Crippen LogP contribution >= 0.6 is 0 Å². The highest BCUT2D eigenvalue weighted by atomic mass is 19.4. The summed E-state index contributed by atoms with van der Waals surface area (Å²) in [6, 6.07) is 14.9. The molecule has 2 amide bonds. The Bertz CT molecular complexity index is 1140. The quantitative estimate of drug-likeness (QED) is 0.448. The summed E-state index contributed by atoms with van der Waals surface area (Å²) < 4.78 is 54.4. The highest BCUT2D eigenvalue weighted by Gasteiger charge is 2.34. The number of halogens is 4. The van der Waals surface area contributed by atoms with Gasteiger partial charge in [0, 0.05) is 12.8 Å². The number of urea groups is 1. The van der Waals surface area contributed by atoms with E-state index in [0.29, 0.717) is 0 Å². The lowest BCUT2D eigenvalue weighted by atomic mass is 9.99. The SMILES string of the molecule is Cc1cccc(CC(=O)Cc2ccc(NC(=O)Nc3ccccc3F)c(C(F)(F)F)c2)c1. The van der Waals surface area contributed by atoms with Gasteiger partial charge in [-0.15, -0.1) is 0 Å². The molecule has 0 aliphatic carbocycles. The zero-order chi connectivity index (χ0) is 23.3. The molecule has 0 fully saturated rings. The monoisotopic (exact) mass is 444 g/mol. The van der Waals surface area contributed by atoms with Crippen LogP contribution in [-0.2, 0) is 23.8 Å². The predicted molar refractivity (Wildman–Crippen MR) is 114 cm³/mol. The van der Waals surface area contributed by atoms with Crippen LogP contribution in [0.2, 0.25) is 0 Å². The van der Waals surface area contributed by atoms with Crippen LogP contribution in [0.4, 0.5) is 33.7 Å². The summed E-state index contributed by atoms with van der Waals surface area (Å²) in [6.07, 6.45) is -4.84. The molecule has 0 aliphatic rings. The molecule has 0 aliphatic heterocycles. The Balaban J connectivity index is 1.74. The van der Waals surface area contributed by atoms with Gasteiger partial charge >= 0.3 is 12.2 Å². The number of benzene rings is 3. The third kappa shape index (κ3) is 6.16. The van der Waals surface area contributed by atoms with Gasteiger partial charge in [0.2, 0.25) is 0 Å². The Morgan fingerprint density at radius 2 is 1.47 bits per heavy atom. The Morgan fingerprint density at radius 3 is 2.12 bits per heavy atom. The number of anilines is 2. The standard InChI is InChI=1S/C24H20F4N2O2/c1-15-5-4-6-16(11-15)12-18(31)13-17-9-10-21(19(14-17)24(26,27)28)29-23(32)30-22-8-3-2-7-20(22)25/h2-11,14H,12-13H2,1H3,(H2,29,30,32). The smallest absolute Gasteiger partial charge is 0.307 e. The van der Waals surface area contributed by atoms with Crippen molar-refractivity contribution < 1.29 is 27.2 Å². The summed E-state index contributed by atoms with van der Waals surface area (Å²) in [4.78, 5) is 24.5. The van der Waals surface area contributed by atoms with Crippen LogP contribution < -0.4 is 10.6 Å². The molecule has 0 spiro atoms. The van der Waals surface area contributed by atoms with Gasteiger partial charge in [0.15, 0.2) is 0 Å². The Kier molecular flexibility index (Phi) is 6.92. The number of Topliss-reactive ketones (excluding diaryl/α,β-unsaturated/α-hetero) is 1. The number of carbonyl (C=O) groups is 2. The molecule has 0 saturated heterocycles. The van der Waals surface area contributed by atoms with Crippen LogP contribution in [0, 0.1) is 12.7 Å². The van der Waals surface area contributed by atoms with Crippen LogP contribution in [0.5, 0.6) is 0 Å². The number of aryl methyl sites for hydroxylation is 1. The third-order valence-corrected chi connectivity index (χ3v) is 4.64. The molecule has 166 valence electrons. The number of ketones is 1. The fourth-order valence-electron chi connectivity index (χ4n) is 3.22. The van der Waals surface area contributed by atoms with Gasteiger partial charge in [-0.25, -0.2) is 9.18 Å². The zero-order valence-corrected chi connectivity index (χ0v) is 17.1. The summed E-state index contributed by atoms with van der Waals surface area (Å²) in [7, 11) is 0. The summed E-state index contributed by atoms with van der Waals surface area (Å²) in [6.45, 7) is 1.89. The molecule has 0 heterocycles. The fraction of sp³-hybridized carbons (Fsp3) is 0.167. The molecule has 0 saturated carbocycles. The maximum absolute atomic E-state index is 13.7. The van der Waals surface area contributed by atoms with E-state index in [1.165, 1.54) is 24.3 Å². The number of hydrogen-bond acceptors (Lipinski definition) is 2. The molecule has 2 N–H and O–H groups in total. The minimum Gasteiger partial charge on any atom is -0.307 e. The minimum atomic E-state index is -4.77. The summed E-state index contributed by atoms with van der Waals surface area (Å²) in [5, 5.41) is 4.27. The molecule has 3 aromatic carbocycles. The van der Waals surface area contributed by atoms with E-state index in [9.17, 15) is 27.2 Å². The highest BCUT2D eigenvalue weighted by Crippen LogP contribution is 2.36. The molecule has 0 aromatic heterocycles. The number of amides is 2. The fourth-order valence-corrected chi connectivity index (χ4v) is 3.22. The van der Waals surface area contributed by atoms with Gasteiger partial charge in [-0.05, 0) is 42.3 Å². The highest BCUT2D eigenvalue weighted by molar-refractivity contribution is 6.00. The lowest BCUT2D eigenvalue weighted by Gasteiger charge is -2.16. The second-order valence-electron chi connectivity index (χ2n) is 7.32. The molecule has 0 radical (unpaired) electrons. The van der Waals surface area contributed by atoms with Crippen molar-refractivity contribution >= 4 is 23.2 Å². The summed E-state index contributed by atoms with van der Waals surface area (Å²) in [5.74, 6) is -0.956. The van der Waals surface area contributed by atoms with E-state index in [-0.39, 0.29) is 29.9 Å². The molecule has 0 bridgehead atoms. The Morgan fingerprint density at radius 1 is 0.812 bits per heavy atom. The second-order valence-corrected chi connectivity index (χ2v) is 7.32. The minimum absolute atomic E-state index is 0.105. The first-order chi connectivity index (χ1) is 15.1. The van der Waals surface area contributed by atoms with Gasteiger partial charge in [-0.3, -0.25) is 4.79 Å². The molecule has 0 unspecified atom stereocenters. The maximum Gasteiger partial charge on any atom is 0.418 e. The molecular weight excluding hydrogens is 424 g/mol. The number of hydrogen-bond donors (Lipinski definition) is 2. The van der Waals surface area contributed by atoms with Crippen molar-refractivity contribution in [3.8, 4) is 0 Å². The van der Waals surface area contributed by atoms with E-state index < -0.39 is 29.3 Å². The molecule has 0 atom stereocenters. The van der Waals surface area contributed by atoms with E-state index in [0.717, 1.165) is 29.3 Å². The van der Waals surface area contributed by atoms with Crippen molar-refractivity contribution in [3.63, 3.8) is 0 Å². The van der Waals surface area contributed by atoms with Crippen molar-refractivity contribution in [2.24, 2.45) is 0 Å². The van der Waals surface area contributed by atoms with Crippen LogP contribution in [0.1, 0.15) is 22.3 Å². The van der Waals surface area contributed by atoms with Crippen LogP contribution in [0.25, 0.3) is 0 Å². The lowest BCUT2D eigenvalue weighted by molar-refractivity contribution is -0.137. The molecule has 4 nitrogen and oxygen atoms in total. The van der Waals surface area contributed by atoms with Crippen molar-refractivity contribution in [3.05, 3.63) is 94.8 Å². The van der Waals surface area contributed by atoms with Crippen LogP contribution in [0.15, 0.2) is 66.7 Å². The first-order valence-corrected chi connectivity index (χ1v) is 9.72. The zero-order valence-electron chi connectivity index (χ0n) is 17.1. The number of rotatable bonds is 6. The van der Waals surface area contributed by atoms with E-state index in [1.807, 2.05) is 25.1 Å². The van der Waals surface area contributed by atoms with Gasteiger partial charge in [0.1, 0.15) is 11.6 Å². The van der Waals surface area contributed by atoms with E-state index in [4.69, 9.17) is 0 Å². The van der Waals surface area contributed by atoms with Crippen molar-refractivity contribution in [2.75, 3.05) is 10.6 Å². The van der Waals surface area contributed by atoms with Gasteiger partial charge in [0.25, 0.3) is 0 Å². The third-order valence-electron chi connectivity index (χ3n) is 4.64. The molecule has 3 aromatic rings. The van der Waals surface area contributed by atoms with E-state index >= 15 is 0 Å². The maximum atomic E-state index is 13.7. The van der Waals surface area contributed by atoms with E-state index in [2.05, 4.69) is 10.6 Å². The molecule has 3 rings (SSSR count). The largest absolute Gasteiger partial charge is 0.418 e. The average Bonchev–Trinajstić information content (AvgIpc) is 2.70. The first-order valence-electron chi connectivity index (χ1n) is 9.72. The number of alkyl halides is 3. The van der Waals surface area contributed by atoms with Crippen LogP contribution in [0.3, 0.4) is 0 Å². The molecular formula is C24H20F4N2O2. The topological polar surface area (TPSA) is 58.2 Å². The second kappa shape index (κ2) is 9.64. The molecule has 32 heavy (non-hydrogen) atoms. The lowest BCUT2D eigenvalue weighted by Crippen LogP contribution is -2.22. The first kappa shape index (κ1) is 23.0. The van der Waals surface area contributed by atoms with Crippen molar-refractivity contribution in [1.29, 1.82) is 0 Å². The average molecular weight is 444 g/mol. The van der Waals surface area contributed by atoms with E-state index in [1.54, 1.807) is 6.07 Å². The predicted octanol–water partition coefficient (Wildman–Crippen LogP) is 6.15. The summed E-state index contributed by atoms with van der Waals surface area (Å²) in [5.41, 5.74) is 0.183.